The minimum atomic E-state index is -4.73. The number of rotatable bonds is 8. The third-order valence-corrected chi connectivity index (χ3v) is 8.51. The van der Waals surface area contributed by atoms with Crippen molar-refractivity contribution in [2.45, 2.75) is 97.9 Å². The van der Waals surface area contributed by atoms with Crippen LogP contribution in [0.2, 0.25) is 0 Å². The monoisotopic (exact) mass is 593 g/mol. The lowest BCUT2D eigenvalue weighted by molar-refractivity contribution is -0.145. The second-order valence-electron chi connectivity index (χ2n) is 12.8. The normalized spacial score (nSPS) is 21.9. The fraction of sp³-hybridized carbons (Fsp3) is 0.667. The maximum Gasteiger partial charge on any atom is 0.417 e. The van der Waals surface area contributed by atoms with Gasteiger partial charge in [-0.3, -0.25) is 19.4 Å². The van der Waals surface area contributed by atoms with E-state index in [2.05, 4.69) is 18.7 Å². The van der Waals surface area contributed by atoms with Gasteiger partial charge in [-0.2, -0.15) is 18.4 Å². The molecule has 2 aliphatic rings. The highest BCUT2D eigenvalue weighted by molar-refractivity contribution is 7.80. The van der Waals surface area contributed by atoms with E-state index in [-0.39, 0.29) is 28.8 Å². The van der Waals surface area contributed by atoms with Crippen LogP contribution in [-0.4, -0.2) is 75.4 Å². The number of amides is 2. The fourth-order valence-electron chi connectivity index (χ4n) is 5.60. The molecule has 0 unspecified atom stereocenters. The van der Waals surface area contributed by atoms with Crippen molar-refractivity contribution in [2.75, 3.05) is 31.1 Å². The van der Waals surface area contributed by atoms with Gasteiger partial charge < -0.3 is 9.80 Å². The van der Waals surface area contributed by atoms with Crippen molar-refractivity contribution in [3.05, 3.63) is 29.3 Å². The van der Waals surface area contributed by atoms with E-state index in [4.69, 9.17) is 17.5 Å². The molecule has 0 saturated carbocycles. The van der Waals surface area contributed by atoms with Crippen LogP contribution in [0.3, 0.4) is 0 Å². The molecule has 0 radical (unpaired) electrons. The summed E-state index contributed by atoms with van der Waals surface area (Å²) in [5.74, 6) is -0.205. The van der Waals surface area contributed by atoms with Gasteiger partial charge in [0.1, 0.15) is 5.54 Å². The average molecular weight is 594 g/mol. The van der Waals surface area contributed by atoms with Gasteiger partial charge in [-0.1, -0.05) is 33.6 Å². The molecule has 2 atom stereocenters. The molecule has 0 spiro atoms. The van der Waals surface area contributed by atoms with E-state index in [1.807, 2.05) is 25.7 Å². The molecule has 41 heavy (non-hydrogen) atoms. The summed E-state index contributed by atoms with van der Waals surface area (Å²) in [7, 11) is 0. The zero-order valence-electron chi connectivity index (χ0n) is 25.1. The summed E-state index contributed by atoms with van der Waals surface area (Å²) in [6.45, 7) is 16.6. The minimum Gasteiger partial charge on any atom is -0.337 e. The summed E-state index contributed by atoms with van der Waals surface area (Å²) in [4.78, 5) is 33.5. The number of carbonyl (C=O) groups excluding carboxylic acids is 2. The highest BCUT2D eigenvalue weighted by Crippen LogP contribution is 2.38. The number of carbonyl (C=O) groups is 2. The number of thiocarbonyl (C=S) groups is 1. The Kier molecular flexibility index (Phi) is 9.81. The van der Waals surface area contributed by atoms with E-state index in [1.165, 1.54) is 6.07 Å². The van der Waals surface area contributed by atoms with Crippen LogP contribution >= 0.6 is 12.2 Å². The summed E-state index contributed by atoms with van der Waals surface area (Å²) < 4.78 is 40.6. The number of anilines is 1. The summed E-state index contributed by atoms with van der Waals surface area (Å²) in [6, 6.07) is 5.25. The molecule has 1 aromatic carbocycles. The van der Waals surface area contributed by atoms with Crippen molar-refractivity contribution in [1.82, 2.24) is 14.7 Å². The van der Waals surface area contributed by atoms with E-state index < -0.39 is 34.2 Å². The Hall–Kier alpha value is -2.71. The molecule has 2 amide bonds. The molecule has 2 saturated heterocycles. The highest BCUT2D eigenvalue weighted by atomic mass is 32.1. The summed E-state index contributed by atoms with van der Waals surface area (Å²) in [5, 5.41) is 9.27. The lowest BCUT2D eigenvalue weighted by Crippen LogP contribution is -2.59. The standard InChI is InChI=1S/C30H42F3N5O2S/c1-20-19-36(25(39)28(3,4)5)21(2)18-35(20)14-10-8-9-11-15-37-27(41)38(26(40)29(37,6)7)23-13-12-22(17-34)24(16-23)30(31,32)33/h12-13,16,20-21H,8-11,14-15,18-19H2,1-7H3/t20-,21+/m1/s1. The van der Waals surface area contributed by atoms with E-state index in [0.717, 1.165) is 62.4 Å². The Morgan fingerprint density at radius 3 is 2.22 bits per heavy atom. The van der Waals surface area contributed by atoms with Crippen LogP contribution in [0.4, 0.5) is 18.9 Å². The van der Waals surface area contributed by atoms with Gasteiger partial charge in [0.05, 0.1) is 22.9 Å². The van der Waals surface area contributed by atoms with Gasteiger partial charge >= 0.3 is 6.18 Å². The zero-order chi connectivity index (χ0) is 30.9. The topological polar surface area (TPSA) is 70.9 Å². The molecule has 0 N–H and O–H groups in total. The number of hydrogen-bond acceptors (Lipinski definition) is 5. The van der Waals surface area contributed by atoms with Crippen molar-refractivity contribution < 1.29 is 22.8 Å². The van der Waals surface area contributed by atoms with Crippen LogP contribution in [0.1, 0.15) is 85.3 Å². The third kappa shape index (κ3) is 7.03. The van der Waals surface area contributed by atoms with Gasteiger partial charge in [0.25, 0.3) is 5.91 Å². The highest BCUT2D eigenvalue weighted by Gasteiger charge is 2.49. The molecule has 3 rings (SSSR count). The van der Waals surface area contributed by atoms with Crippen LogP contribution in [0.5, 0.6) is 0 Å². The van der Waals surface area contributed by atoms with Crippen molar-refractivity contribution >= 4 is 34.8 Å². The van der Waals surface area contributed by atoms with Crippen molar-refractivity contribution in [3.63, 3.8) is 0 Å². The number of nitrogens with zero attached hydrogens (tertiary/aromatic N) is 5. The number of piperazine rings is 1. The van der Waals surface area contributed by atoms with Gasteiger partial charge in [-0.15, -0.1) is 0 Å². The van der Waals surface area contributed by atoms with Gasteiger partial charge in [0.2, 0.25) is 5.91 Å². The SMILES string of the molecule is C[C@@H]1CN(C(=O)C(C)(C)C)[C@@H](C)CN1CCCCCCN1C(=S)N(c2ccc(C#N)c(C(F)(F)F)c2)C(=O)C1(C)C. The zero-order valence-corrected chi connectivity index (χ0v) is 26.0. The Labute approximate surface area is 247 Å². The number of unbranched alkanes of at least 4 members (excludes halogenated alkanes) is 3. The summed E-state index contributed by atoms with van der Waals surface area (Å²) in [5.41, 5.74) is -2.97. The molecule has 11 heteroatoms. The molecule has 7 nitrogen and oxygen atoms in total. The van der Waals surface area contributed by atoms with Crippen LogP contribution in [0.15, 0.2) is 18.2 Å². The Morgan fingerprint density at radius 2 is 1.66 bits per heavy atom. The quantitative estimate of drug-likeness (QED) is 0.280. The lowest BCUT2D eigenvalue weighted by Gasteiger charge is -2.46. The fourth-order valence-corrected chi connectivity index (χ4v) is 6.11. The molecule has 2 fully saturated rings. The molecule has 0 bridgehead atoms. The third-order valence-electron chi connectivity index (χ3n) is 8.11. The van der Waals surface area contributed by atoms with Crippen molar-refractivity contribution in [2.24, 2.45) is 5.41 Å². The van der Waals surface area contributed by atoms with Gasteiger partial charge in [-0.05, 0) is 77.5 Å². The molecule has 1 aromatic rings. The molecule has 0 aromatic heterocycles. The van der Waals surface area contributed by atoms with E-state index in [0.29, 0.717) is 6.54 Å². The van der Waals surface area contributed by atoms with Crippen molar-refractivity contribution in [3.8, 4) is 6.07 Å². The predicted molar refractivity (Wildman–Crippen MR) is 157 cm³/mol. The number of nitriles is 1. The molecular formula is C30H42F3N5O2S. The maximum atomic E-state index is 13.5. The molecule has 2 aliphatic heterocycles. The smallest absolute Gasteiger partial charge is 0.337 e. The van der Waals surface area contributed by atoms with Gasteiger partial charge in [0, 0.05) is 37.1 Å². The number of benzene rings is 1. The van der Waals surface area contributed by atoms with Crippen LogP contribution in [0, 0.1) is 16.7 Å². The van der Waals surface area contributed by atoms with Gasteiger partial charge in [0.15, 0.2) is 5.11 Å². The Balaban J connectivity index is 1.53. The second-order valence-corrected chi connectivity index (χ2v) is 13.2. The lowest BCUT2D eigenvalue weighted by atomic mass is 9.92. The summed E-state index contributed by atoms with van der Waals surface area (Å²) in [6.07, 6.45) is -1.02. The first-order chi connectivity index (χ1) is 18.9. The number of hydrogen-bond donors (Lipinski definition) is 0. The minimum absolute atomic E-state index is 0.00884. The average Bonchev–Trinajstić information content (AvgIpc) is 3.04. The first-order valence-electron chi connectivity index (χ1n) is 14.2. The van der Waals surface area contributed by atoms with E-state index in [9.17, 15) is 22.8 Å². The molecule has 2 heterocycles. The van der Waals surface area contributed by atoms with Crippen LogP contribution in [-0.2, 0) is 15.8 Å². The molecule has 226 valence electrons. The maximum absolute atomic E-state index is 13.5. The second kappa shape index (κ2) is 12.3. The largest absolute Gasteiger partial charge is 0.417 e. The van der Waals surface area contributed by atoms with E-state index >= 15 is 0 Å². The Bertz CT molecular complexity index is 1200. The van der Waals surface area contributed by atoms with Crippen LogP contribution in [0.25, 0.3) is 0 Å². The van der Waals surface area contributed by atoms with Crippen LogP contribution < -0.4 is 4.90 Å². The van der Waals surface area contributed by atoms with Gasteiger partial charge in [-0.25, -0.2) is 0 Å². The van der Waals surface area contributed by atoms with Crippen molar-refractivity contribution in [1.29, 1.82) is 5.26 Å². The molecule has 0 aliphatic carbocycles. The van der Waals surface area contributed by atoms with E-state index in [1.54, 1.807) is 24.8 Å². The Morgan fingerprint density at radius 1 is 1.05 bits per heavy atom. The predicted octanol–water partition coefficient (Wildman–Crippen LogP) is 5.82. The number of alkyl halides is 3. The summed E-state index contributed by atoms with van der Waals surface area (Å²) >= 11 is 5.58. The first-order valence-corrected chi connectivity index (χ1v) is 14.6. The number of halogens is 3. The molecular weight excluding hydrogens is 551 g/mol. The first kappa shape index (κ1) is 32.8.